The third-order valence-corrected chi connectivity index (χ3v) is 5.79. The fourth-order valence-corrected chi connectivity index (χ4v) is 4.84. The van der Waals surface area contributed by atoms with Crippen LogP contribution in [0, 0.1) is 0 Å². The number of hydrogen-bond donors (Lipinski definition) is 1. The highest BCUT2D eigenvalue weighted by Crippen LogP contribution is 2.34. The van der Waals surface area contributed by atoms with Gasteiger partial charge < -0.3 is 15.0 Å². The number of ether oxygens (including phenoxy) is 1. The van der Waals surface area contributed by atoms with E-state index in [-0.39, 0.29) is 11.9 Å². The van der Waals surface area contributed by atoms with E-state index in [0.717, 1.165) is 19.3 Å². The van der Waals surface area contributed by atoms with Gasteiger partial charge in [-0.25, -0.2) is 0 Å². The van der Waals surface area contributed by atoms with Gasteiger partial charge in [-0.2, -0.15) is 0 Å². The van der Waals surface area contributed by atoms with Gasteiger partial charge in [0, 0.05) is 30.4 Å². The highest BCUT2D eigenvalue weighted by Gasteiger charge is 2.37. The van der Waals surface area contributed by atoms with Crippen molar-refractivity contribution in [2.45, 2.75) is 69.9 Å². The van der Waals surface area contributed by atoms with Crippen LogP contribution in [-0.4, -0.2) is 42.1 Å². The quantitative estimate of drug-likeness (QED) is 0.930. The summed E-state index contributed by atoms with van der Waals surface area (Å²) in [6, 6.07) is 5.20. The molecule has 22 heavy (non-hydrogen) atoms. The number of carbonyl (C=O) groups excluding carboxylic acids is 1. The molecule has 4 nitrogen and oxygen atoms in total. The van der Waals surface area contributed by atoms with E-state index in [2.05, 4.69) is 36.7 Å². The topological polar surface area (TPSA) is 41.6 Å². The van der Waals surface area contributed by atoms with E-state index in [9.17, 15) is 4.79 Å². The maximum atomic E-state index is 12.1. The lowest BCUT2D eigenvalue weighted by atomic mass is 9.91. The number of thiophene rings is 1. The number of piperidine rings is 1. The van der Waals surface area contributed by atoms with Gasteiger partial charge in [-0.05, 0) is 44.6 Å². The van der Waals surface area contributed by atoms with Gasteiger partial charge in [0.1, 0.15) is 0 Å². The number of likely N-dealkylation sites (tertiary alicyclic amines) is 1. The Hall–Kier alpha value is -0.910. The van der Waals surface area contributed by atoms with Crippen molar-refractivity contribution in [3.05, 3.63) is 22.4 Å². The SMILES string of the molecule is CC1CC(NC2CCC(=O)N(C)C2c2cccs2)CC(C)O1. The van der Waals surface area contributed by atoms with Gasteiger partial charge in [0.15, 0.2) is 0 Å². The summed E-state index contributed by atoms with van der Waals surface area (Å²) in [5, 5.41) is 5.94. The average molecular weight is 322 g/mol. The highest BCUT2D eigenvalue weighted by atomic mass is 32.1. The summed E-state index contributed by atoms with van der Waals surface area (Å²) in [6.07, 6.45) is 4.29. The summed E-state index contributed by atoms with van der Waals surface area (Å²) in [5.74, 6) is 0.255. The molecule has 0 spiro atoms. The van der Waals surface area contributed by atoms with Crippen molar-refractivity contribution in [3.63, 3.8) is 0 Å². The first-order valence-electron chi connectivity index (χ1n) is 8.25. The molecule has 0 bridgehead atoms. The molecule has 2 aliphatic rings. The van der Waals surface area contributed by atoms with Crippen LogP contribution in [0.25, 0.3) is 0 Å². The third-order valence-electron chi connectivity index (χ3n) is 4.84. The molecule has 4 atom stereocenters. The Morgan fingerprint density at radius 1 is 1.32 bits per heavy atom. The minimum atomic E-state index is 0.162. The molecular weight excluding hydrogens is 296 g/mol. The lowest BCUT2D eigenvalue weighted by Gasteiger charge is -2.42. The maximum absolute atomic E-state index is 12.1. The first-order chi connectivity index (χ1) is 10.5. The third kappa shape index (κ3) is 3.36. The molecule has 0 radical (unpaired) electrons. The van der Waals surface area contributed by atoms with Crippen LogP contribution >= 0.6 is 11.3 Å². The fourth-order valence-electron chi connectivity index (χ4n) is 3.91. The summed E-state index contributed by atoms with van der Waals surface area (Å²) >= 11 is 1.74. The van der Waals surface area contributed by atoms with Crippen molar-refractivity contribution >= 4 is 17.2 Å². The first-order valence-corrected chi connectivity index (χ1v) is 9.13. The van der Waals surface area contributed by atoms with E-state index in [1.807, 2.05) is 11.9 Å². The van der Waals surface area contributed by atoms with E-state index in [1.54, 1.807) is 11.3 Å². The molecule has 2 fully saturated rings. The zero-order valence-electron chi connectivity index (χ0n) is 13.6. The molecule has 0 saturated carbocycles. The van der Waals surface area contributed by atoms with Crippen LogP contribution in [0.4, 0.5) is 0 Å². The van der Waals surface area contributed by atoms with Gasteiger partial charge in [0.05, 0.1) is 18.2 Å². The van der Waals surface area contributed by atoms with Gasteiger partial charge in [-0.3, -0.25) is 4.79 Å². The van der Waals surface area contributed by atoms with Gasteiger partial charge >= 0.3 is 0 Å². The molecule has 2 saturated heterocycles. The molecule has 1 N–H and O–H groups in total. The van der Waals surface area contributed by atoms with Crippen molar-refractivity contribution in [2.75, 3.05) is 7.05 Å². The summed E-state index contributed by atoms with van der Waals surface area (Å²) < 4.78 is 5.84. The van der Waals surface area contributed by atoms with E-state index in [0.29, 0.717) is 30.7 Å². The van der Waals surface area contributed by atoms with Gasteiger partial charge in [-0.1, -0.05) is 6.07 Å². The number of carbonyl (C=O) groups is 1. The molecular formula is C17H26N2O2S. The van der Waals surface area contributed by atoms with E-state index in [1.165, 1.54) is 4.88 Å². The summed E-state index contributed by atoms with van der Waals surface area (Å²) in [6.45, 7) is 4.30. The van der Waals surface area contributed by atoms with Gasteiger partial charge in [0.2, 0.25) is 5.91 Å². The number of amides is 1. The van der Waals surface area contributed by atoms with E-state index >= 15 is 0 Å². The highest BCUT2D eigenvalue weighted by molar-refractivity contribution is 7.10. The number of likely N-dealkylation sites (N-methyl/N-ethyl adjacent to an activating group) is 1. The molecule has 2 aliphatic heterocycles. The summed E-state index contributed by atoms with van der Waals surface area (Å²) in [7, 11) is 1.94. The van der Waals surface area contributed by atoms with Crippen molar-refractivity contribution in [2.24, 2.45) is 0 Å². The van der Waals surface area contributed by atoms with Crippen LogP contribution < -0.4 is 5.32 Å². The van der Waals surface area contributed by atoms with E-state index < -0.39 is 0 Å². The van der Waals surface area contributed by atoms with E-state index in [4.69, 9.17) is 4.74 Å². The van der Waals surface area contributed by atoms with Crippen LogP contribution in [-0.2, 0) is 9.53 Å². The predicted octanol–water partition coefficient (Wildman–Crippen LogP) is 2.96. The molecule has 0 aromatic carbocycles. The van der Waals surface area contributed by atoms with Crippen molar-refractivity contribution in [3.8, 4) is 0 Å². The Kier molecular flexibility index (Phi) is 4.85. The number of hydrogen-bond acceptors (Lipinski definition) is 4. The van der Waals surface area contributed by atoms with Crippen LogP contribution in [0.3, 0.4) is 0 Å². The van der Waals surface area contributed by atoms with Crippen LogP contribution in [0.5, 0.6) is 0 Å². The van der Waals surface area contributed by atoms with Crippen molar-refractivity contribution in [1.29, 1.82) is 0 Å². The molecule has 0 aliphatic carbocycles. The number of nitrogens with one attached hydrogen (secondary N) is 1. The van der Waals surface area contributed by atoms with Crippen LogP contribution in [0.1, 0.15) is 50.4 Å². The molecule has 5 heteroatoms. The monoisotopic (exact) mass is 322 g/mol. The maximum Gasteiger partial charge on any atom is 0.222 e. The smallest absolute Gasteiger partial charge is 0.222 e. The van der Waals surface area contributed by atoms with Crippen molar-refractivity contribution < 1.29 is 9.53 Å². The second-order valence-corrected chi connectivity index (χ2v) is 7.68. The number of nitrogens with zero attached hydrogens (tertiary/aromatic N) is 1. The zero-order chi connectivity index (χ0) is 15.7. The molecule has 3 rings (SSSR count). The first kappa shape index (κ1) is 16.0. The standard InChI is InChI=1S/C17H26N2O2S/c1-11-9-13(10-12(2)21-11)18-14-6-7-16(20)19(3)17(14)15-5-4-8-22-15/h4-5,8,11-14,17-18H,6-7,9-10H2,1-3H3. The Balaban J connectivity index is 1.74. The minimum absolute atomic E-state index is 0.162. The molecule has 3 heterocycles. The second-order valence-electron chi connectivity index (χ2n) is 6.70. The Bertz CT molecular complexity index is 495. The Morgan fingerprint density at radius 2 is 2.05 bits per heavy atom. The fraction of sp³-hybridized carbons (Fsp3) is 0.706. The molecule has 122 valence electrons. The Labute approximate surface area is 136 Å². The zero-order valence-corrected chi connectivity index (χ0v) is 14.4. The lowest BCUT2D eigenvalue weighted by molar-refractivity contribution is -0.136. The molecule has 4 unspecified atom stereocenters. The molecule has 1 amide bonds. The second kappa shape index (κ2) is 6.69. The van der Waals surface area contributed by atoms with Gasteiger partial charge in [-0.15, -0.1) is 11.3 Å². The number of rotatable bonds is 3. The van der Waals surface area contributed by atoms with Crippen molar-refractivity contribution in [1.82, 2.24) is 10.2 Å². The largest absolute Gasteiger partial charge is 0.375 e. The summed E-state index contributed by atoms with van der Waals surface area (Å²) in [4.78, 5) is 15.3. The molecule has 1 aromatic heterocycles. The van der Waals surface area contributed by atoms with Gasteiger partial charge in [0.25, 0.3) is 0 Å². The Morgan fingerprint density at radius 3 is 2.68 bits per heavy atom. The normalized spacial score (nSPS) is 36.6. The predicted molar refractivity (Wildman–Crippen MR) is 89.0 cm³/mol. The van der Waals surface area contributed by atoms with Crippen LogP contribution in [0.15, 0.2) is 17.5 Å². The summed E-state index contributed by atoms with van der Waals surface area (Å²) in [5.41, 5.74) is 0. The molecule has 1 aromatic rings. The van der Waals surface area contributed by atoms with Crippen LogP contribution in [0.2, 0.25) is 0 Å². The minimum Gasteiger partial charge on any atom is -0.375 e. The lowest BCUT2D eigenvalue weighted by Crippen LogP contribution is -2.53. The average Bonchev–Trinajstić information content (AvgIpc) is 2.96.